The molecular formula is C30H23F3N4O. The van der Waals surface area contributed by atoms with E-state index in [4.69, 9.17) is 9.97 Å². The molecular weight excluding hydrogens is 489 g/mol. The van der Waals surface area contributed by atoms with Gasteiger partial charge in [-0.3, -0.25) is 4.98 Å². The Morgan fingerprint density at radius 1 is 0.711 bits per heavy atom. The molecule has 38 heavy (non-hydrogen) atoms. The fraction of sp³-hybridized carbons (Fsp3) is 0.100. The van der Waals surface area contributed by atoms with Gasteiger partial charge in [-0.05, 0) is 29.3 Å². The third kappa shape index (κ3) is 6.15. The number of rotatable bonds is 7. The predicted octanol–water partition coefficient (Wildman–Crippen LogP) is 7.41. The summed E-state index contributed by atoms with van der Waals surface area (Å²) in [5.41, 5.74) is 4.91. The molecule has 0 amide bonds. The number of pyridine rings is 1. The molecule has 0 N–H and O–H groups in total. The highest BCUT2D eigenvalue weighted by molar-refractivity contribution is 5.73. The van der Waals surface area contributed by atoms with E-state index in [1.807, 2.05) is 67.7 Å². The average Bonchev–Trinajstić information content (AvgIpc) is 2.93. The number of halogens is 3. The Bertz CT molecular complexity index is 1510. The molecule has 0 aliphatic rings. The summed E-state index contributed by atoms with van der Waals surface area (Å²) in [7, 11) is 1.98. The van der Waals surface area contributed by atoms with Crippen LogP contribution in [-0.4, -0.2) is 28.4 Å². The quantitative estimate of drug-likeness (QED) is 0.227. The topological polar surface area (TPSA) is 51.1 Å². The molecule has 5 aromatic rings. The van der Waals surface area contributed by atoms with Gasteiger partial charge in [-0.15, -0.1) is 13.2 Å². The Hall–Kier alpha value is -4.72. The standard InChI is InChI=1S/C30H23F3N4O/c1-37(20-21-8-4-2-5-9-21)28-17-27(35-29(36-28)23-10-6-3-7-11-23)25-16-24(18-34-19-25)22-12-14-26(15-13-22)38-30(31,32)33/h2-19H,20H2,1H3. The van der Waals surface area contributed by atoms with Crippen molar-refractivity contribution in [3.63, 3.8) is 0 Å². The molecule has 3 aromatic carbocycles. The summed E-state index contributed by atoms with van der Waals surface area (Å²) in [6, 6.07) is 29.4. The summed E-state index contributed by atoms with van der Waals surface area (Å²) in [5, 5.41) is 0. The number of aromatic nitrogens is 3. The second-order valence-corrected chi connectivity index (χ2v) is 8.68. The van der Waals surface area contributed by atoms with E-state index < -0.39 is 6.36 Å². The first-order valence-electron chi connectivity index (χ1n) is 11.9. The third-order valence-corrected chi connectivity index (χ3v) is 5.85. The normalized spacial score (nSPS) is 11.3. The molecule has 0 saturated carbocycles. The molecule has 0 saturated heterocycles. The number of benzene rings is 3. The zero-order chi connectivity index (χ0) is 26.5. The van der Waals surface area contributed by atoms with Crippen LogP contribution in [-0.2, 0) is 6.54 Å². The lowest BCUT2D eigenvalue weighted by Gasteiger charge is -2.20. The van der Waals surface area contributed by atoms with Crippen LogP contribution in [0.3, 0.4) is 0 Å². The molecule has 0 spiro atoms. The molecule has 5 nitrogen and oxygen atoms in total. The van der Waals surface area contributed by atoms with Gasteiger partial charge in [-0.25, -0.2) is 9.97 Å². The number of ether oxygens (including phenoxy) is 1. The van der Waals surface area contributed by atoms with Crippen molar-refractivity contribution in [2.75, 3.05) is 11.9 Å². The van der Waals surface area contributed by atoms with Gasteiger partial charge in [0.2, 0.25) is 0 Å². The lowest BCUT2D eigenvalue weighted by molar-refractivity contribution is -0.274. The minimum absolute atomic E-state index is 0.278. The van der Waals surface area contributed by atoms with E-state index in [-0.39, 0.29) is 5.75 Å². The van der Waals surface area contributed by atoms with E-state index in [0.29, 0.717) is 23.6 Å². The largest absolute Gasteiger partial charge is 0.573 e. The van der Waals surface area contributed by atoms with Crippen LogP contribution in [0.4, 0.5) is 19.0 Å². The molecule has 0 aliphatic carbocycles. The van der Waals surface area contributed by atoms with Crippen LogP contribution >= 0.6 is 0 Å². The Morgan fingerprint density at radius 3 is 2.05 bits per heavy atom. The Labute approximate surface area is 218 Å². The zero-order valence-corrected chi connectivity index (χ0v) is 20.4. The molecule has 0 unspecified atom stereocenters. The smallest absolute Gasteiger partial charge is 0.406 e. The first-order valence-corrected chi connectivity index (χ1v) is 11.9. The molecule has 5 rings (SSSR count). The summed E-state index contributed by atoms with van der Waals surface area (Å²) >= 11 is 0. The molecule has 2 heterocycles. The minimum Gasteiger partial charge on any atom is -0.406 e. The van der Waals surface area contributed by atoms with Crippen molar-refractivity contribution in [1.82, 2.24) is 15.0 Å². The molecule has 8 heteroatoms. The van der Waals surface area contributed by atoms with Crippen LogP contribution in [0.2, 0.25) is 0 Å². The fourth-order valence-corrected chi connectivity index (χ4v) is 4.02. The number of hydrogen-bond donors (Lipinski definition) is 0. The zero-order valence-electron chi connectivity index (χ0n) is 20.4. The number of hydrogen-bond acceptors (Lipinski definition) is 5. The predicted molar refractivity (Wildman–Crippen MR) is 141 cm³/mol. The summed E-state index contributed by atoms with van der Waals surface area (Å²) in [6.45, 7) is 0.663. The summed E-state index contributed by atoms with van der Waals surface area (Å²) in [6.07, 6.45) is -1.37. The average molecular weight is 513 g/mol. The first-order chi connectivity index (χ1) is 18.3. The minimum atomic E-state index is -4.74. The first kappa shape index (κ1) is 25.0. The third-order valence-electron chi connectivity index (χ3n) is 5.85. The summed E-state index contributed by atoms with van der Waals surface area (Å²) < 4.78 is 41.6. The number of anilines is 1. The lowest BCUT2D eigenvalue weighted by Crippen LogP contribution is -2.18. The van der Waals surface area contributed by atoms with E-state index >= 15 is 0 Å². The van der Waals surface area contributed by atoms with Gasteiger partial charge < -0.3 is 9.64 Å². The second-order valence-electron chi connectivity index (χ2n) is 8.68. The summed E-state index contributed by atoms with van der Waals surface area (Å²) in [5.74, 6) is 1.05. The highest BCUT2D eigenvalue weighted by Gasteiger charge is 2.31. The van der Waals surface area contributed by atoms with Gasteiger partial charge in [-0.1, -0.05) is 72.8 Å². The van der Waals surface area contributed by atoms with Crippen LogP contribution in [0.1, 0.15) is 5.56 Å². The van der Waals surface area contributed by atoms with Gasteiger partial charge in [-0.2, -0.15) is 0 Å². The lowest BCUT2D eigenvalue weighted by atomic mass is 10.0. The number of nitrogens with zero attached hydrogens (tertiary/aromatic N) is 4. The van der Waals surface area contributed by atoms with Gasteiger partial charge in [0, 0.05) is 48.7 Å². The maximum Gasteiger partial charge on any atom is 0.573 e. The Morgan fingerprint density at radius 2 is 1.37 bits per heavy atom. The van der Waals surface area contributed by atoms with Crippen molar-refractivity contribution in [2.45, 2.75) is 12.9 Å². The number of alkyl halides is 3. The van der Waals surface area contributed by atoms with Crippen molar-refractivity contribution in [3.8, 4) is 39.5 Å². The van der Waals surface area contributed by atoms with Crippen LogP contribution in [0.5, 0.6) is 5.75 Å². The van der Waals surface area contributed by atoms with Crippen molar-refractivity contribution in [1.29, 1.82) is 0 Å². The molecule has 0 aliphatic heterocycles. The van der Waals surface area contributed by atoms with E-state index in [2.05, 4.69) is 26.8 Å². The molecule has 2 aromatic heterocycles. The highest BCUT2D eigenvalue weighted by Crippen LogP contribution is 2.30. The van der Waals surface area contributed by atoms with Crippen molar-refractivity contribution < 1.29 is 17.9 Å². The monoisotopic (exact) mass is 512 g/mol. The van der Waals surface area contributed by atoms with Crippen LogP contribution in [0, 0.1) is 0 Å². The van der Waals surface area contributed by atoms with Crippen molar-refractivity contribution in [3.05, 3.63) is 115 Å². The highest BCUT2D eigenvalue weighted by atomic mass is 19.4. The van der Waals surface area contributed by atoms with Gasteiger partial charge in [0.05, 0.1) is 5.69 Å². The van der Waals surface area contributed by atoms with Crippen LogP contribution in [0.25, 0.3) is 33.8 Å². The van der Waals surface area contributed by atoms with E-state index in [1.54, 1.807) is 24.5 Å². The Kier molecular flexibility index (Phi) is 7.04. The van der Waals surface area contributed by atoms with Gasteiger partial charge in [0.15, 0.2) is 5.82 Å². The van der Waals surface area contributed by atoms with Gasteiger partial charge in [0.1, 0.15) is 11.6 Å². The van der Waals surface area contributed by atoms with E-state index in [9.17, 15) is 13.2 Å². The van der Waals surface area contributed by atoms with Crippen LogP contribution < -0.4 is 9.64 Å². The Balaban J connectivity index is 1.51. The maximum absolute atomic E-state index is 12.5. The summed E-state index contributed by atoms with van der Waals surface area (Å²) in [4.78, 5) is 16.1. The molecule has 0 bridgehead atoms. The maximum atomic E-state index is 12.5. The molecule has 0 atom stereocenters. The van der Waals surface area contributed by atoms with Crippen LogP contribution in [0.15, 0.2) is 109 Å². The van der Waals surface area contributed by atoms with Crippen molar-refractivity contribution in [2.24, 2.45) is 0 Å². The van der Waals surface area contributed by atoms with E-state index in [1.165, 1.54) is 12.1 Å². The SMILES string of the molecule is CN(Cc1ccccc1)c1cc(-c2cncc(-c3ccc(OC(F)(F)F)cc3)c2)nc(-c2ccccc2)n1. The molecule has 190 valence electrons. The van der Waals surface area contributed by atoms with E-state index in [0.717, 1.165) is 28.1 Å². The van der Waals surface area contributed by atoms with Gasteiger partial charge in [0.25, 0.3) is 0 Å². The fourth-order valence-electron chi connectivity index (χ4n) is 4.02. The van der Waals surface area contributed by atoms with Gasteiger partial charge >= 0.3 is 6.36 Å². The molecule has 0 radical (unpaired) electrons. The second kappa shape index (κ2) is 10.7. The van der Waals surface area contributed by atoms with Crippen molar-refractivity contribution >= 4 is 5.82 Å². The molecule has 0 fully saturated rings.